The van der Waals surface area contributed by atoms with E-state index >= 15 is 0 Å². The van der Waals surface area contributed by atoms with Crippen molar-refractivity contribution in [3.63, 3.8) is 0 Å². The Morgan fingerprint density at radius 2 is 1.89 bits per heavy atom. The van der Waals surface area contributed by atoms with E-state index in [1.54, 1.807) is 0 Å². The fraction of sp³-hybridized carbons (Fsp3) is 0.500. The maximum Gasteiger partial charge on any atom is 0.184 e. The molecular formula is C16H20O2. The lowest BCUT2D eigenvalue weighted by molar-refractivity contribution is -0.130. The highest BCUT2D eigenvalue weighted by Gasteiger charge is 2.17. The zero-order valence-electron chi connectivity index (χ0n) is 10.9. The Balaban J connectivity index is 2.18. The Morgan fingerprint density at radius 3 is 2.61 bits per heavy atom. The van der Waals surface area contributed by atoms with Crippen molar-refractivity contribution in [2.24, 2.45) is 0 Å². The van der Waals surface area contributed by atoms with E-state index in [1.807, 2.05) is 24.3 Å². The molecule has 0 atom stereocenters. The van der Waals surface area contributed by atoms with Crippen molar-refractivity contribution in [2.45, 2.75) is 38.9 Å². The highest BCUT2D eigenvalue weighted by atomic mass is 16.7. The van der Waals surface area contributed by atoms with Crippen LogP contribution in [0.25, 0.3) is 0 Å². The standard InChI is InChI=1S/C16H20O2/c1-2-3-4-9-14-10-5-6-11-15(14)16-17-12-7-8-13-18-16/h5-6,10-11,16H,2-3,7-8,12-13H2,1H3. The second-order valence-corrected chi connectivity index (χ2v) is 4.42. The van der Waals surface area contributed by atoms with Gasteiger partial charge in [-0.1, -0.05) is 37.0 Å². The smallest absolute Gasteiger partial charge is 0.184 e. The summed E-state index contributed by atoms with van der Waals surface area (Å²) in [5.41, 5.74) is 2.08. The van der Waals surface area contributed by atoms with Crippen molar-refractivity contribution in [2.75, 3.05) is 13.2 Å². The van der Waals surface area contributed by atoms with Crippen LogP contribution in [0.2, 0.25) is 0 Å². The van der Waals surface area contributed by atoms with Gasteiger partial charge in [0.1, 0.15) is 0 Å². The summed E-state index contributed by atoms with van der Waals surface area (Å²) in [5.74, 6) is 6.41. The van der Waals surface area contributed by atoms with Crippen molar-refractivity contribution in [3.8, 4) is 11.8 Å². The zero-order chi connectivity index (χ0) is 12.6. The van der Waals surface area contributed by atoms with Crippen LogP contribution in [0.5, 0.6) is 0 Å². The van der Waals surface area contributed by atoms with Crippen LogP contribution in [0, 0.1) is 11.8 Å². The molecule has 96 valence electrons. The van der Waals surface area contributed by atoms with E-state index in [0.29, 0.717) is 0 Å². The number of hydrogen-bond acceptors (Lipinski definition) is 2. The SMILES string of the molecule is CCCC#Cc1ccccc1C1OCCCCO1. The average Bonchev–Trinajstić information content (AvgIpc) is 2.68. The fourth-order valence-electron chi connectivity index (χ4n) is 1.91. The predicted octanol–water partition coefficient (Wildman–Crippen LogP) is 3.66. The molecular weight excluding hydrogens is 224 g/mol. The molecule has 1 fully saturated rings. The zero-order valence-corrected chi connectivity index (χ0v) is 10.9. The highest BCUT2D eigenvalue weighted by Crippen LogP contribution is 2.25. The van der Waals surface area contributed by atoms with Crippen molar-refractivity contribution in [1.29, 1.82) is 0 Å². The minimum absolute atomic E-state index is 0.250. The Morgan fingerprint density at radius 1 is 1.17 bits per heavy atom. The van der Waals surface area contributed by atoms with Crippen LogP contribution in [0.1, 0.15) is 50.0 Å². The van der Waals surface area contributed by atoms with Crippen LogP contribution >= 0.6 is 0 Å². The molecule has 0 aromatic heterocycles. The van der Waals surface area contributed by atoms with E-state index in [2.05, 4.69) is 18.8 Å². The van der Waals surface area contributed by atoms with Gasteiger partial charge in [0.25, 0.3) is 0 Å². The lowest BCUT2D eigenvalue weighted by Gasteiger charge is -2.17. The molecule has 0 radical (unpaired) electrons. The van der Waals surface area contributed by atoms with Gasteiger partial charge in [0, 0.05) is 17.5 Å². The Labute approximate surface area is 109 Å². The number of ether oxygens (including phenoxy) is 2. The second-order valence-electron chi connectivity index (χ2n) is 4.42. The van der Waals surface area contributed by atoms with Gasteiger partial charge in [-0.2, -0.15) is 0 Å². The maximum atomic E-state index is 5.75. The van der Waals surface area contributed by atoms with Crippen LogP contribution in [0.3, 0.4) is 0 Å². The molecule has 1 aromatic carbocycles. The molecule has 2 rings (SSSR count). The monoisotopic (exact) mass is 244 g/mol. The van der Waals surface area contributed by atoms with Crippen LogP contribution < -0.4 is 0 Å². The first-order valence-corrected chi connectivity index (χ1v) is 6.73. The molecule has 1 heterocycles. The highest BCUT2D eigenvalue weighted by molar-refractivity contribution is 5.42. The van der Waals surface area contributed by atoms with E-state index in [0.717, 1.165) is 50.0 Å². The molecule has 1 aliphatic heterocycles. The molecule has 0 saturated carbocycles. The van der Waals surface area contributed by atoms with Crippen LogP contribution in [0.4, 0.5) is 0 Å². The summed E-state index contributed by atoms with van der Waals surface area (Å²) in [5, 5.41) is 0. The summed E-state index contributed by atoms with van der Waals surface area (Å²) < 4.78 is 11.5. The molecule has 0 unspecified atom stereocenters. The van der Waals surface area contributed by atoms with E-state index in [4.69, 9.17) is 9.47 Å². The van der Waals surface area contributed by atoms with Crippen LogP contribution in [-0.2, 0) is 9.47 Å². The molecule has 0 N–H and O–H groups in total. The third-order valence-electron chi connectivity index (χ3n) is 2.89. The van der Waals surface area contributed by atoms with Gasteiger partial charge >= 0.3 is 0 Å². The number of benzene rings is 1. The van der Waals surface area contributed by atoms with Crippen LogP contribution in [-0.4, -0.2) is 13.2 Å². The first kappa shape index (κ1) is 13.1. The largest absolute Gasteiger partial charge is 0.348 e. The Kier molecular flexibility index (Phi) is 5.26. The Hall–Kier alpha value is -1.30. The molecule has 0 amide bonds. The molecule has 1 aromatic rings. The first-order valence-electron chi connectivity index (χ1n) is 6.73. The van der Waals surface area contributed by atoms with Crippen molar-refractivity contribution in [1.82, 2.24) is 0 Å². The second kappa shape index (κ2) is 7.20. The lowest BCUT2D eigenvalue weighted by Crippen LogP contribution is -2.08. The fourth-order valence-corrected chi connectivity index (χ4v) is 1.91. The van der Waals surface area contributed by atoms with Gasteiger partial charge in [0.15, 0.2) is 6.29 Å². The van der Waals surface area contributed by atoms with Gasteiger partial charge < -0.3 is 9.47 Å². The minimum Gasteiger partial charge on any atom is -0.348 e. The number of hydrogen-bond donors (Lipinski definition) is 0. The molecule has 18 heavy (non-hydrogen) atoms. The first-order chi connectivity index (χ1) is 8.92. The van der Waals surface area contributed by atoms with Crippen molar-refractivity contribution in [3.05, 3.63) is 35.4 Å². The maximum absolute atomic E-state index is 5.75. The van der Waals surface area contributed by atoms with E-state index in [1.165, 1.54) is 0 Å². The predicted molar refractivity (Wildman–Crippen MR) is 72.1 cm³/mol. The number of rotatable bonds is 2. The molecule has 0 aliphatic carbocycles. The van der Waals surface area contributed by atoms with E-state index < -0.39 is 0 Å². The summed E-state index contributed by atoms with van der Waals surface area (Å²) in [6.45, 7) is 3.67. The van der Waals surface area contributed by atoms with E-state index in [9.17, 15) is 0 Å². The molecule has 1 saturated heterocycles. The normalized spacial score (nSPS) is 16.7. The third kappa shape index (κ3) is 3.60. The Bertz CT molecular complexity index is 420. The molecule has 2 heteroatoms. The quantitative estimate of drug-likeness (QED) is 0.739. The van der Waals surface area contributed by atoms with Crippen molar-refractivity contribution < 1.29 is 9.47 Å². The summed E-state index contributed by atoms with van der Waals surface area (Å²) in [6.07, 6.45) is 3.91. The van der Waals surface area contributed by atoms with E-state index in [-0.39, 0.29) is 6.29 Å². The van der Waals surface area contributed by atoms with Gasteiger partial charge in [0.05, 0.1) is 13.2 Å². The minimum atomic E-state index is -0.250. The molecule has 0 spiro atoms. The van der Waals surface area contributed by atoms with Gasteiger partial charge in [0.2, 0.25) is 0 Å². The van der Waals surface area contributed by atoms with Crippen molar-refractivity contribution >= 4 is 0 Å². The van der Waals surface area contributed by atoms with Crippen LogP contribution in [0.15, 0.2) is 24.3 Å². The summed E-state index contributed by atoms with van der Waals surface area (Å²) in [6, 6.07) is 8.11. The topological polar surface area (TPSA) is 18.5 Å². The van der Waals surface area contributed by atoms with Gasteiger partial charge in [-0.15, -0.1) is 0 Å². The summed E-state index contributed by atoms with van der Waals surface area (Å²) in [7, 11) is 0. The molecule has 1 aliphatic rings. The van der Waals surface area contributed by atoms with Gasteiger partial charge in [-0.05, 0) is 25.3 Å². The summed E-state index contributed by atoms with van der Waals surface area (Å²) >= 11 is 0. The van der Waals surface area contributed by atoms with Gasteiger partial charge in [-0.3, -0.25) is 0 Å². The lowest BCUT2D eigenvalue weighted by atomic mass is 10.1. The molecule has 2 nitrogen and oxygen atoms in total. The summed E-state index contributed by atoms with van der Waals surface area (Å²) in [4.78, 5) is 0. The number of unbranched alkanes of at least 4 members (excludes halogenated alkanes) is 1. The molecule has 0 bridgehead atoms. The van der Waals surface area contributed by atoms with Gasteiger partial charge in [-0.25, -0.2) is 0 Å². The third-order valence-corrected chi connectivity index (χ3v) is 2.89. The average molecular weight is 244 g/mol.